The van der Waals surface area contributed by atoms with Crippen LogP contribution in [0.15, 0.2) is 17.3 Å². The summed E-state index contributed by atoms with van der Waals surface area (Å²) in [4.78, 5) is -0.0877. The van der Waals surface area contributed by atoms with Crippen molar-refractivity contribution in [3.05, 3.63) is 12.4 Å². The van der Waals surface area contributed by atoms with Crippen LogP contribution < -0.4 is 0 Å². The van der Waals surface area contributed by atoms with E-state index < -0.39 is 28.4 Å². The molecule has 0 unspecified atom stereocenters. The Labute approximate surface area is 122 Å². The standard InChI is InChI=1S/C12H19F2N3O3S/c1-16(2)21(18,19)11-7-15-17(8-11)9-12(13,14)10-3-5-20-6-4-10/h7-8,10H,3-6,9H2,1-2H3. The Morgan fingerprint density at radius 3 is 2.62 bits per heavy atom. The van der Waals surface area contributed by atoms with Gasteiger partial charge in [-0.05, 0) is 12.8 Å². The summed E-state index contributed by atoms with van der Waals surface area (Å²) in [6.07, 6.45) is 2.84. The van der Waals surface area contributed by atoms with Crippen molar-refractivity contribution in [2.24, 2.45) is 5.92 Å². The first kappa shape index (κ1) is 16.3. The van der Waals surface area contributed by atoms with Crippen molar-refractivity contribution in [1.82, 2.24) is 14.1 Å². The predicted octanol–water partition coefficient (Wildman–Crippen LogP) is 1.20. The molecule has 2 heterocycles. The molecule has 0 saturated carbocycles. The van der Waals surface area contributed by atoms with Gasteiger partial charge in [0.2, 0.25) is 10.0 Å². The SMILES string of the molecule is CN(C)S(=O)(=O)c1cnn(CC(F)(F)C2CCOCC2)c1. The van der Waals surface area contributed by atoms with Gasteiger partial charge < -0.3 is 4.74 Å². The molecule has 9 heteroatoms. The molecule has 0 atom stereocenters. The summed E-state index contributed by atoms with van der Waals surface area (Å²) < 4.78 is 59.2. The minimum atomic E-state index is -3.65. The zero-order valence-electron chi connectivity index (χ0n) is 12.0. The van der Waals surface area contributed by atoms with Gasteiger partial charge >= 0.3 is 0 Å². The van der Waals surface area contributed by atoms with Crippen LogP contribution in [-0.2, 0) is 21.3 Å². The van der Waals surface area contributed by atoms with E-state index in [1.165, 1.54) is 14.1 Å². The Morgan fingerprint density at radius 2 is 2.05 bits per heavy atom. The van der Waals surface area contributed by atoms with Gasteiger partial charge in [-0.25, -0.2) is 21.5 Å². The van der Waals surface area contributed by atoms with Crippen LogP contribution in [0.3, 0.4) is 0 Å². The Hall–Kier alpha value is -1.06. The number of sulfonamides is 1. The fraction of sp³-hybridized carbons (Fsp3) is 0.750. The van der Waals surface area contributed by atoms with E-state index in [0.717, 1.165) is 21.4 Å². The van der Waals surface area contributed by atoms with Gasteiger partial charge in [0.1, 0.15) is 11.4 Å². The Kier molecular flexibility index (Phi) is 4.64. The molecule has 1 aromatic rings. The van der Waals surface area contributed by atoms with Crippen LogP contribution in [0.25, 0.3) is 0 Å². The second kappa shape index (κ2) is 5.98. The van der Waals surface area contributed by atoms with Crippen LogP contribution in [0, 0.1) is 5.92 Å². The molecule has 0 amide bonds. The van der Waals surface area contributed by atoms with E-state index in [0.29, 0.717) is 26.1 Å². The highest BCUT2D eigenvalue weighted by Gasteiger charge is 2.41. The molecule has 120 valence electrons. The first-order chi connectivity index (χ1) is 9.73. The summed E-state index contributed by atoms with van der Waals surface area (Å²) in [5.74, 6) is -3.70. The van der Waals surface area contributed by atoms with E-state index in [-0.39, 0.29) is 4.90 Å². The van der Waals surface area contributed by atoms with Crippen LogP contribution in [0.4, 0.5) is 8.78 Å². The highest BCUT2D eigenvalue weighted by atomic mass is 32.2. The molecule has 0 spiro atoms. The molecule has 0 bridgehead atoms. The van der Waals surface area contributed by atoms with Crippen LogP contribution in [0.5, 0.6) is 0 Å². The van der Waals surface area contributed by atoms with E-state index in [9.17, 15) is 17.2 Å². The average molecular weight is 323 g/mol. The summed E-state index contributed by atoms with van der Waals surface area (Å²) >= 11 is 0. The van der Waals surface area contributed by atoms with Gasteiger partial charge in [0.15, 0.2) is 0 Å². The number of hydrogen-bond acceptors (Lipinski definition) is 4. The first-order valence-corrected chi connectivity index (χ1v) is 8.08. The molecular formula is C12H19F2N3O3S. The fourth-order valence-electron chi connectivity index (χ4n) is 2.24. The summed E-state index contributed by atoms with van der Waals surface area (Å²) in [6, 6.07) is 0. The van der Waals surface area contributed by atoms with E-state index in [1.54, 1.807) is 0 Å². The van der Waals surface area contributed by atoms with E-state index >= 15 is 0 Å². The summed E-state index contributed by atoms with van der Waals surface area (Å²) in [5, 5.41) is 3.74. The van der Waals surface area contributed by atoms with Crippen molar-refractivity contribution < 1.29 is 21.9 Å². The quantitative estimate of drug-likeness (QED) is 0.817. The number of halogens is 2. The van der Waals surface area contributed by atoms with E-state index in [1.807, 2.05) is 0 Å². The Balaban J connectivity index is 2.11. The normalized spacial score (nSPS) is 18.3. The van der Waals surface area contributed by atoms with Crippen molar-refractivity contribution >= 4 is 10.0 Å². The lowest BCUT2D eigenvalue weighted by Gasteiger charge is -2.29. The number of hydrogen-bond donors (Lipinski definition) is 0. The van der Waals surface area contributed by atoms with Gasteiger partial charge in [0.25, 0.3) is 5.92 Å². The second-order valence-corrected chi connectivity index (χ2v) is 7.46. The fourth-order valence-corrected chi connectivity index (χ4v) is 3.10. The lowest BCUT2D eigenvalue weighted by atomic mass is 9.93. The topological polar surface area (TPSA) is 64.4 Å². The first-order valence-electron chi connectivity index (χ1n) is 6.64. The van der Waals surface area contributed by atoms with E-state index in [2.05, 4.69) is 5.10 Å². The van der Waals surface area contributed by atoms with Crippen molar-refractivity contribution in [1.29, 1.82) is 0 Å². The van der Waals surface area contributed by atoms with Crippen LogP contribution in [0.1, 0.15) is 12.8 Å². The molecule has 1 aliphatic rings. The summed E-state index contributed by atoms with van der Waals surface area (Å²) in [5.41, 5.74) is 0. The van der Waals surface area contributed by atoms with Crippen molar-refractivity contribution in [2.45, 2.75) is 30.2 Å². The molecule has 1 fully saturated rings. The predicted molar refractivity (Wildman–Crippen MR) is 71.6 cm³/mol. The zero-order valence-corrected chi connectivity index (χ0v) is 12.8. The monoisotopic (exact) mass is 323 g/mol. The van der Waals surface area contributed by atoms with Gasteiger partial charge in [-0.1, -0.05) is 0 Å². The number of alkyl halides is 2. The molecule has 1 aromatic heterocycles. The van der Waals surface area contributed by atoms with Gasteiger partial charge in [-0.2, -0.15) is 5.10 Å². The summed E-state index contributed by atoms with van der Waals surface area (Å²) in [7, 11) is -0.895. The zero-order chi connectivity index (χ0) is 15.7. The third-order valence-corrected chi connectivity index (χ3v) is 5.35. The Morgan fingerprint density at radius 1 is 1.43 bits per heavy atom. The second-order valence-electron chi connectivity index (χ2n) is 5.31. The van der Waals surface area contributed by atoms with Gasteiger partial charge in [-0.3, -0.25) is 4.68 Å². The highest BCUT2D eigenvalue weighted by Crippen LogP contribution is 2.33. The maximum atomic E-state index is 14.2. The number of rotatable bonds is 5. The minimum Gasteiger partial charge on any atom is -0.381 e. The molecule has 0 aliphatic carbocycles. The minimum absolute atomic E-state index is 0.0877. The molecule has 0 N–H and O–H groups in total. The summed E-state index contributed by atoms with van der Waals surface area (Å²) in [6.45, 7) is 0.0415. The van der Waals surface area contributed by atoms with Crippen molar-refractivity contribution in [2.75, 3.05) is 27.3 Å². The molecule has 2 rings (SSSR count). The molecule has 0 aromatic carbocycles. The maximum absolute atomic E-state index is 14.2. The maximum Gasteiger partial charge on any atom is 0.270 e. The van der Waals surface area contributed by atoms with Crippen molar-refractivity contribution in [3.8, 4) is 0 Å². The molecule has 21 heavy (non-hydrogen) atoms. The smallest absolute Gasteiger partial charge is 0.270 e. The van der Waals surface area contributed by atoms with Gasteiger partial charge in [0.05, 0.1) is 6.20 Å². The molecular weight excluding hydrogens is 304 g/mol. The van der Waals surface area contributed by atoms with E-state index in [4.69, 9.17) is 4.74 Å². The Bertz CT molecular complexity index is 580. The molecule has 1 aliphatic heterocycles. The van der Waals surface area contributed by atoms with Gasteiger partial charge in [-0.15, -0.1) is 0 Å². The number of aromatic nitrogens is 2. The lowest BCUT2D eigenvalue weighted by molar-refractivity contribution is -0.108. The number of ether oxygens (including phenoxy) is 1. The molecule has 6 nitrogen and oxygen atoms in total. The van der Waals surface area contributed by atoms with Gasteiger partial charge in [0, 0.05) is 39.4 Å². The lowest BCUT2D eigenvalue weighted by Crippen LogP contribution is -2.37. The van der Waals surface area contributed by atoms with Crippen LogP contribution >= 0.6 is 0 Å². The van der Waals surface area contributed by atoms with Crippen molar-refractivity contribution in [3.63, 3.8) is 0 Å². The third-order valence-electron chi connectivity index (χ3n) is 3.58. The third kappa shape index (κ3) is 3.58. The average Bonchev–Trinajstić information content (AvgIpc) is 2.88. The van der Waals surface area contributed by atoms with Crippen LogP contribution in [-0.4, -0.2) is 55.7 Å². The number of nitrogens with zero attached hydrogens (tertiary/aromatic N) is 3. The highest BCUT2D eigenvalue weighted by molar-refractivity contribution is 7.89. The molecule has 0 radical (unpaired) electrons. The molecule has 1 saturated heterocycles. The largest absolute Gasteiger partial charge is 0.381 e. The van der Waals surface area contributed by atoms with Crippen LogP contribution in [0.2, 0.25) is 0 Å².